The summed E-state index contributed by atoms with van der Waals surface area (Å²) in [4.78, 5) is 34.8. The normalized spacial score (nSPS) is 10.6. The van der Waals surface area contributed by atoms with Gasteiger partial charge in [0.1, 0.15) is 21.5 Å². The number of aromatic nitrogens is 2. The van der Waals surface area contributed by atoms with E-state index in [9.17, 15) is 9.59 Å². The van der Waals surface area contributed by atoms with Crippen molar-refractivity contribution in [2.24, 2.45) is 0 Å². The van der Waals surface area contributed by atoms with Gasteiger partial charge in [-0.25, -0.2) is 14.8 Å². The van der Waals surface area contributed by atoms with Crippen molar-refractivity contribution in [3.05, 3.63) is 89.8 Å². The standard InChI is InChI=1S/C29H27N7O3S2/c1-39-22-12-6-8-19(16-22)26(37)33-21-11-5-7-18(15-21)23-17-40-27(34-23)24-25(30)35-29(41-24)36-28(38)32-14-13-31-20-9-3-2-4-10-20/h2-12,15-17,31H,13-14,30H2,1H3,(H,33,37)(H2,32,35,36,38). The number of anilines is 4. The number of carbonyl (C=O) groups is 2. The number of nitrogens with one attached hydrogen (secondary N) is 4. The smallest absolute Gasteiger partial charge is 0.321 e. The van der Waals surface area contributed by atoms with Crippen molar-refractivity contribution in [2.75, 3.05) is 41.9 Å². The van der Waals surface area contributed by atoms with Gasteiger partial charge in [0, 0.05) is 41.0 Å². The number of benzene rings is 3. The van der Waals surface area contributed by atoms with E-state index in [4.69, 9.17) is 15.5 Å². The number of thiazole rings is 2. The summed E-state index contributed by atoms with van der Waals surface area (Å²) in [7, 11) is 1.56. The van der Waals surface area contributed by atoms with Crippen molar-refractivity contribution in [2.45, 2.75) is 0 Å². The van der Waals surface area contributed by atoms with Crippen LogP contribution in [-0.2, 0) is 0 Å². The lowest BCUT2D eigenvalue weighted by Gasteiger charge is -2.08. The molecule has 0 saturated heterocycles. The van der Waals surface area contributed by atoms with Gasteiger partial charge in [0.15, 0.2) is 5.13 Å². The van der Waals surface area contributed by atoms with Crippen molar-refractivity contribution < 1.29 is 14.3 Å². The number of nitrogens with zero attached hydrogens (tertiary/aromatic N) is 2. The molecule has 41 heavy (non-hydrogen) atoms. The van der Waals surface area contributed by atoms with E-state index in [1.807, 2.05) is 60.0 Å². The predicted molar refractivity (Wildman–Crippen MR) is 166 cm³/mol. The fourth-order valence-corrected chi connectivity index (χ4v) is 5.66. The van der Waals surface area contributed by atoms with Gasteiger partial charge in [-0.1, -0.05) is 47.7 Å². The fourth-order valence-electron chi connectivity index (χ4n) is 3.85. The Morgan fingerprint density at radius 1 is 0.902 bits per heavy atom. The third kappa shape index (κ3) is 7.18. The Bertz CT molecular complexity index is 1650. The molecular formula is C29H27N7O3S2. The number of amides is 3. The number of rotatable bonds is 10. The second-order valence-electron chi connectivity index (χ2n) is 8.71. The molecule has 0 spiro atoms. The zero-order valence-electron chi connectivity index (χ0n) is 22.0. The zero-order chi connectivity index (χ0) is 28.6. The average molecular weight is 586 g/mol. The summed E-state index contributed by atoms with van der Waals surface area (Å²) >= 11 is 2.68. The molecule has 12 heteroatoms. The molecule has 0 aliphatic heterocycles. The van der Waals surface area contributed by atoms with Crippen molar-refractivity contribution in [3.63, 3.8) is 0 Å². The van der Waals surface area contributed by atoms with Gasteiger partial charge in [0.05, 0.1) is 12.8 Å². The van der Waals surface area contributed by atoms with Crippen LogP contribution in [0.2, 0.25) is 0 Å². The molecule has 5 rings (SSSR count). The molecule has 208 valence electrons. The zero-order valence-corrected chi connectivity index (χ0v) is 23.6. The van der Waals surface area contributed by atoms with E-state index in [2.05, 4.69) is 26.3 Å². The predicted octanol–water partition coefficient (Wildman–Crippen LogP) is 6.01. The van der Waals surface area contributed by atoms with E-state index in [-0.39, 0.29) is 17.8 Å². The molecule has 5 aromatic rings. The Kier molecular flexibility index (Phi) is 8.72. The molecule has 0 radical (unpaired) electrons. The quantitative estimate of drug-likeness (QED) is 0.126. The van der Waals surface area contributed by atoms with E-state index in [1.165, 1.54) is 22.7 Å². The van der Waals surface area contributed by atoms with Gasteiger partial charge < -0.3 is 26.4 Å². The molecule has 0 atom stereocenters. The van der Waals surface area contributed by atoms with Crippen molar-refractivity contribution in [1.82, 2.24) is 15.3 Å². The number of nitrogens with two attached hydrogens (primary N) is 1. The Labute approximate surface area is 244 Å². The van der Waals surface area contributed by atoms with Crippen LogP contribution in [0.1, 0.15) is 10.4 Å². The first-order valence-electron chi connectivity index (χ1n) is 12.6. The number of hydrogen-bond acceptors (Lipinski definition) is 9. The second-order valence-corrected chi connectivity index (χ2v) is 10.6. The van der Waals surface area contributed by atoms with E-state index < -0.39 is 0 Å². The van der Waals surface area contributed by atoms with Crippen LogP contribution in [0.3, 0.4) is 0 Å². The minimum Gasteiger partial charge on any atom is -0.497 e. The first-order valence-corrected chi connectivity index (χ1v) is 14.3. The average Bonchev–Trinajstić information content (AvgIpc) is 3.62. The van der Waals surface area contributed by atoms with E-state index in [0.717, 1.165) is 16.9 Å². The Balaban J connectivity index is 1.19. The summed E-state index contributed by atoms with van der Waals surface area (Å²) in [5.74, 6) is 0.657. The lowest BCUT2D eigenvalue weighted by molar-refractivity contribution is 0.102. The highest BCUT2D eigenvalue weighted by molar-refractivity contribution is 7.23. The fraction of sp³-hybridized carbons (Fsp3) is 0.103. The van der Waals surface area contributed by atoms with Crippen molar-refractivity contribution >= 4 is 56.9 Å². The first kappa shape index (κ1) is 27.6. The van der Waals surface area contributed by atoms with Crippen LogP contribution < -0.4 is 31.7 Å². The number of carbonyl (C=O) groups excluding carboxylic acids is 2. The van der Waals surface area contributed by atoms with Gasteiger partial charge in [0.2, 0.25) is 0 Å². The number of nitrogen functional groups attached to an aromatic ring is 1. The van der Waals surface area contributed by atoms with Gasteiger partial charge in [-0.3, -0.25) is 10.1 Å². The van der Waals surface area contributed by atoms with Gasteiger partial charge in [0.25, 0.3) is 5.91 Å². The van der Waals surface area contributed by atoms with Crippen molar-refractivity contribution in [1.29, 1.82) is 0 Å². The molecule has 2 aromatic heterocycles. The molecule has 0 bridgehead atoms. The van der Waals surface area contributed by atoms with Crippen LogP contribution in [0.15, 0.2) is 84.2 Å². The van der Waals surface area contributed by atoms with Gasteiger partial charge >= 0.3 is 6.03 Å². The van der Waals surface area contributed by atoms with E-state index in [0.29, 0.717) is 45.1 Å². The Morgan fingerprint density at radius 2 is 1.71 bits per heavy atom. The monoisotopic (exact) mass is 585 g/mol. The minimum absolute atomic E-state index is 0.242. The maximum atomic E-state index is 12.7. The van der Waals surface area contributed by atoms with Crippen LogP contribution in [0, 0.1) is 0 Å². The molecule has 6 N–H and O–H groups in total. The highest BCUT2D eigenvalue weighted by atomic mass is 32.1. The summed E-state index contributed by atoms with van der Waals surface area (Å²) in [6.07, 6.45) is 0. The molecule has 2 heterocycles. The molecule has 0 saturated carbocycles. The van der Waals surface area contributed by atoms with Gasteiger partial charge in [-0.15, -0.1) is 11.3 Å². The maximum Gasteiger partial charge on any atom is 0.321 e. The minimum atomic E-state index is -0.368. The molecule has 0 fully saturated rings. The summed E-state index contributed by atoms with van der Waals surface area (Å²) in [5.41, 5.74) is 9.85. The van der Waals surface area contributed by atoms with Crippen LogP contribution in [-0.4, -0.2) is 42.1 Å². The highest BCUT2D eigenvalue weighted by Crippen LogP contribution is 2.38. The maximum absolute atomic E-state index is 12.7. The van der Waals surface area contributed by atoms with Crippen LogP contribution in [0.4, 0.5) is 27.1 Å². The lowest BCUT2D eigenvalue weighted by atomic mass is 10.1. The van der Waals surface area contributed by atoms with Crippen LogP contribution >= 0.6 is 22.7 Å². The Hall–Kier alpha value is -4.94. The summed E-state index contributed by atoms with van der Waals surface area (Å²) in [5, 5.41) is 14.7. The molecule has 3 amide bonds. The number of ether oxygens (including phenoxy) is 1. The van der Waals surface area contributed by atoms with E-state index in [1.54, 1.807) is 31.4 Å². The third-order valence-electron chi connectivity index (χ3n) is 5.83. The van der Waals surface area contributed by atoms with Gasteiger partial charge in [-0.2, -0.15) is 0 Å². The van der Waals surface area contributed by atoms with E-state index >= 15 is 0 Å². The number of urea groups is 1. The Morgan fingerprint density at radius 3 is 2.54 bits per heavy atom. The molecule has 0 unspecified atom stereocenters. The summed E-state index contributed by atoms with van der Waals surface area (Å²) in [6, 6.07) is 23.8. The SMILES string of the molecule is COc1cccc(C(=O)Nc2cccc(-c3csc(-c4sc(NC(=O)NCCNc5ccccc5)nc4N)n3)c2)c1. The number of methoxy groups -OCH3 is 1. The third-order valence-corrected chi connectivity index (χ3v) is 7.82. The number of para-hydroxylation sites is 1. The molecule has 0 aliphatic rings. The summed E-state index contributed by atoms with van der Waals surface area (Å²) < 4.78 is 5.21. The molecule has 10 nitrogen and oxygen atoms in total. The second kappa shape index (κ2) is 12.9. The van der Waals surface area contributed by atoms with Gasteiger partial charge in [-0.05, 0) is 42.5 Å². The highest BCUT2D eigenvalue weighted by Gasteiger charge is 2.17. The largest absolute Gasteiger partial charge is 0.497 e. The molecular weight excluding hydrogens is 558 g/mol. The summed E-state index contributed by atoms with van der Waals surface area (Å²) in [6.45, 7) is 1.01. The number of hydrogen-bond donors (Lipinski definition) is 5. The van der Waals surface area contributed by atoms with Crippen molar-refractivity contribution in [3.8, 4) is 26.9 Å². The first-order chi connectivity index (χ1) is 20.0. The molecule has 0 aliphatic carbocycles. The molecule has 3 aromatic carbocycles. The van der Waals surface area contributed by atoms with Crippen LogP contribution in [0.5, 0.6) is 5.75 Å². The van der Waals surface area contributed by atoms with Crippen LogP contribution in [0.25, 0.3) is 21.1 Å². The lowest BCUT2D eigenvalue weighted by Crippen LogP contribution is -2.32. The topological polar surface area (TPSA) is 143 Å².